The van der Waals surface area contributed by atoms with Crippen molar-refractivity contribution in [3.05, 3.63) is 64.1 Å². The van der Waals surface area contributed by atoms with E-state index >= 15 is 0 Å². The fraction of sp³-hybridized carbons (Fsp3) is 0.250. The zero-order valence-corrected chi connectivity index (χ0v) is 16.4. The third-order valence-corrected chi connectivity index (χ3v) is 4.84. The fourth-order valence-corrected chi connectivity index (χ4v) is 3.26. The predicted octanol–water partition coefficient (Wildman–Crippen LogP) is 2.92. The summed E-state index contributed by atoms with van der Waals surface area (Å²) in [4.78, 5) is 39.1. The van der Waals surface area contributed by atoms with Gasteiger partial charge in [0.15, 0.2) is 5.58 Å². The molecule has 0 radical (unpaired) electrons. The minimum atomic E-state index is -0.681. The van der Waals surface area contributed by atoms with Crippen LogP contribution in [0.3, 0.4) is 0 Å². The van der Waals surface area contributed by atoms with Crippen LogP contribution in [0.2, 0.25) is 0 Å². The molecule has 1 atom stereocenters. The van der Waals surface area contributed by atoms with Crippen LogP contribution in [-0.2, 0) is 4.79 Å². The average Bonchev–Trinajstić information content (AvgIpc) is 3.04. The number of amides is 2. The second kappa shape index (κ2) is 8.79. The molecule has 8 heteroatoms. The van der Waals surface area contributed by atoms with Crippen LogP contribution in [0.15, 0.2) is 51.7 Å². The van der Waals surface area contributed by atoms with Crippen LogP contribution in [0, 0.1) is 6.92 Å². The van der Waals surface area contributed by atoms with Crippen molar-refractivity contribution >= 4 is 40.4 Å². The third kappa shape index (κ3) is 4.83. The lowest BCUT2D eigenvalue weighted by molar-refractivity contribution is -0.118. The normalized spacial score (nSPS) is 11.9. The Morgan fingerprint density at radius 1 is 1.21 bits per heavy atom. The van der Waals surface area contributed by atoms with E-state index in [9.17, 15) is 14.4 Å². The molecule has 0 fully saturated rings. The highest BCUT2D eigenvalue weighted by Gasteiger charge is 2.21. The lowest BCUT2D eigenvalue weighted by Gasteiger charge is -2.18. The van der Waals surface area contributed by atoms with Gasteiger partial charge >= 0.3 is 5.76 Å². The summed E-state index contributed by atoms with van der Waals surface area (Å²) in [5.41, 5.74) is 2.90. The Morgan fingerprint density at radius 3 is 2.79 bits per heavy atom. The molecule has 0 aliphatic heterocycles. The lowest BCUT2D eigenvalue weighted by atomic mass is 10.1. The van der Waals surface area contributed by atoms with Gasteiger partial charge in [-0.1, -0.05) is 17.7 Å². The minimum Gasteiger partial charge on any atom is -0.408 e. The first-order valence-electron chi connectivity index (χ1n) is 8.76. The lowest BCUT2D eigenvalue weighted by Crippen LogP contribution is -2.44. The number of H-pyrrole nitrogens is 1. The molecule has 7 nitrogen and oxygen atoms in total. The Kier molecular flexibility index (Phi) is 6.20. The van der Waals surface area contributed by atoms with E-state index in [0.29, 0.717) is 28.8 Å². The molecule has 0 spiro atoms. The largest absolute Gasteiger partial charge is 0.417 e. The van der Waals surface area contributed by atoms with Crippen LogP contribution in [0.5, 0.6) is 0 Å². The van der Waals surface area contributed by atoms with Crippen LogP contribution in [0.1, 0.15) is 22.3 Å². The van der Waals surface area contributed by atoms with Crippen molar-refractivity contribution in [2.24, 2.45) is 0 Å². The summed E-state index contributed by atoms with van der Waals surface area (Å²) in [6.07, 6.45) is 2.44. The minimum absolute atomic E-state index is 0.292. The van der Waals surface area contributed by atoms with Gasteiger partial charge in [-0.3, -0.25) is 14.6 Å². The molecule has 3 rings (SSSR count). The van der Waals surface area contributed by atoms with Gasteiger partial charge in [-0.15, -0.1) is 0 Å². The Hall–Kier alpha value is -3.00. The van der Waals surface area contributed by atoms with Crippen LogP contribution < -0.4 is 16.4 Å². The van der Waals surface area contributed by atoms with Crippen LogP contribution >= 0.6 is 11.8 Å². The van der Waals surface area contributed by atoms with E-state index in [4.69, 9.17) is 4.42 Å². The van der Waals surface area contributed by atoms with Gasteiger partial charge in [0, 0.05) is 11.3 Å². The van der Waals surface area contributed by atoms with E-state index in [1.54, 1.807) is 42.1 Å². The number of nitrogens with one attached hydrogen (secondary N) is 3. The quantitative estimate of drug-likeness (QED) is 0.567. The molecule has 0 bridgehead atoms. The number of aryl methyl sites for hydroxylation is 1. The maximum absolute atomic E-state index is 12.8. The zero-order valence-electron chi connectivity index (χ0n) is 15.6. The second-order valence-corrected chi connectivity index (χ2v) is 7.38. The van der Waals surface area contributed by atoms with Gasteiger partial charge in [0.2, 0.25) is 5.91 Å². The van der Waals surface area contributed by atoms with Crippen molar-refractivity contribution in [2.75, 3.05) is 17.3 Å². The maximum atomic E-state index is 12.8. The molecule has 0 saturated carbocycles. The van der Waals surface area contributed by atoms with Crippen molar-refractivity contribution in [1.82, 2.24) is 10.3 Å². The first-order valence-corrected chi connectivity index (χ1v) is 10.2. The Balaban J connectivity index is 1.74. The van der Waals surface area contributed by atoms with Crippen molar-refractivity contribution in [1.29, 1.82) is 0 Å². The number of oxazole rings is 1. The van der Waals surface area contributed by atoms with E-state index in [1.165, 1.54) is 0 Å². The van der Waals surface area contributed by atoms with E-state index in [2.05, 4.69) is 15.6 Å². The number of thioether (sulfide) groups is 1. The molecule has 146 valence electrons. The average molecular weight is 399 g/mol. The molecule has 1 unspecified atom stereocenters. The van der Waals surface area contributed by atoms with Gasteiger partial charge in [-0.2, -0.15) is 11.8 Å². The molecule has 0 aliphatic carbocycles. The number of carbonyl (C=O) groups is 2. The highest BCUT2D eigenvalue weighted by molar-refractivity contribution is 7.98. The van der Waals surface area contributed by atoms with Crippen molar-refractivity contribution in [2.45, 2.75) is 19.4 Å². The number of benzene rings is 2. The summed E-state index contributed by atoms with van der Waals surface area (Å²) < 4.78 is 4.96. The molecule has 3 aromatic rings. The fourth-order valence-electron chi connectivity index (χ4n) is 2.79. The van der Waals surface area contributed by atoms with Crippen molar-refractivity contribution in [3.8, 4) is 0 Å². The standard InChI is InChI=1S/C20H21N3O4S/c1-12-4-3-5-13(10-12)18(24)22-15(8-9-28-2)19(25)21-14-6-7-17-16(11-14)23-20(26)27-17/h3-7,10-11,15H,8-9H2,1-2H3,(H,21,25)(H,22,24)(H,23,26). The number of hydrogen-bond acceptors (Lipinski definition) is 5. The number of aromatic nitrogens is 1. The second-order valence-electron chi connectivity index (χ2n) is 6.39. The number of anilines is 1. The van der Waals surface area contributed by atoms with Gasteiger partial charge in [0.1, 0.15) is 6.04 Å². The summed E-state index contributed by atoms with van der Waals surface area (Å²) >= 11 is 1.60. The molecule has 28 heavy (non-hydrogen) atoms. The molecular weight excluding hydrogens is 378 g/mol. The molecule has 1 heterocycles. The number of aromatic amines is 1. The summed E-state index contributed by atoms with van der Waals surface area (Å²) in [7, 11) is 0. The monoisotopic (exact) mass is 399 g/mol. The smallest absolute Gasteiger partial charge is 0.408 e. The Morgan fingerprint density at radius 2 is 2.04 bits per heavy atom. The Bertz CT molecular complexity index is 1060. The molecule has 0 aliphatic rings. The van der Waals surface area contributed by atoms with Gasteiger partial charge in [0.05, 0.1) is 5.52 Å². The topological polar surface area (TPSA) is 104 Å². The highest BCUT2D eigenvalue weighted by Crippen LogP contribution is 2.17. The SMILES string of the molecule is CSCCC(NC(=O)c1cccc(C)c1)C(=O)Nc1ccc2oc(=O)[nH]c2c1. The molecule has 2 aromatic carbocycles. The number of carbonyl (C=O) groups excluding carboxylic acids is 2. The van der Waals surface area contributed by atoms with E-state index in [1.807, 2.05) is 25.3 Å². The van der Waals surface area contributed by atoms with Gasteiger partial charge in [0.25, 0.3) is 5.91 Å². The zero-order chi connectivity index (χ0) is 20.1. The molecule has 3 N–H and O–H groups in total. The highest BCUT2D eigenvalue weighted by atomic mass is 32.2. The van der Waals surface area contributed by atoms with E-state index in [0.717, 1.165) is 11.3 Å². The summed E-state index contributed by atoms with van der Waals surface area (Å²) in [5.74, 6) is -0.443. The third-order valence-electron chi connectivity index (χ3n) is 4.20. The van der Waals surface area contributed by atoms with Crippen LogP contribution in [-0.4, -0.2) is 34.8 Å². The van der Waals surface area contributed by atoms with Crippen molar-refractivity contribution in [3.63, 3.8) is 0 Å². The van der Waals surface area contributed by atoms with E-state index < -0.39 is 11.8 Å². The van der Waals surface area contributed by atoms with Gasteiger partial charge in [-0.05, 0) is 55.7 Å². The molecule has 1 aromatic heterocycles. The summed E-state index contributed by atoms with van der Waals surface area (Å²) in [5, 5.41) is 5.61. The summed E-state index contributed by atoms with van der Waals surface area (Å²) in [6, 6.07) is 11.4. The molecular formula is C20H21N3O4S. The predicted molar refractivity (Wildman–Crippen MR) is 111 cm³/mol. The number of hydrogen-bond donors (Lipinski definition) is 3. The first kappa shape index (κ1) is 19.8. The number of fused-ring (bicyclic) bond motifs is 1. The van der Waals surface area contributed by atoms with Crippen LogP contribution in [0.25, 0.3) is 11.1 Å². The molecule has 2 amide bonds. The first-order chi connectivity index (χ1) is 13.5. The maximum Gasteiger partial charge on any atom is 0.417 e. The molecule has 0 saturated heterocycles. The summed E-state index contributed by atoms with van der Waals surface area (Å²) in [6.45, 7) is 1.91. The Labute approximate surface area is 165 Å². The van der Waals surface area contributed by atoms with Crippen molar-refractivity contribution < 1.29 is 14.0 Å². The van der Waals surface area contributed by atoms with Crippen LogP contribution in [0.4, 0.5) is 5.69 Å². The van der Waals surface area contributed by atoms with Gasteiger partial charge < -0.3 is 15.1 Å². The van der Waals surface area contributed by atoms with Gasteiger partial charge in [-0.25, -0.2) is 4.79 Å². The van der Waals surface area contributed by atoms with E-state index in [-0.39, 0.29) is 11.8 Å². The number of rotatable bonds is 7.